The van der Waals surface area contributed by atoms with Crippen LogP contribution < -0.4 is 10.6 Å². The maximum Gasteiger partial charge on any atom is 0.509 e. The number of hydrogen-bond donors (Lipinski definition) is 3. The molecular formula is C49H70N4O14. The van der Waals surface area contributed by atoms with Crippen LogP contribution in [-0.4, -0.2) is 140 Å². The minimum Gasteiger partial charge on any atom is -0.457 e. The van der Waals surface area contributed by atoms with Crippen molar-refractivity contribution in [2.24, 2.45) is 28.8 Å². The molecule has 3 fully saturated rings. The first-order valence-corrected chi connectivity index (χ1v) is 23.1. The number of ether oxygens (including phenoxy) is 7. The van der Waals surface area contributed by atoms with E-state index in [2.05, 4.69) is 15.8 Å². The number of fused-ring (bicyclic) bond motifs is 1. The summed E-state index contributed by atoms with van der Waals surface area (Å²) >= 11 is 0. The number of hydrogen-bond acceptors (Lipinski definition) is 16. The number of benzene rings is 2. The summed E-state index contributed by atoms with van der Waals surface area (Å²) < 4.78 is 42.8. The molecule has 3 aliphatic rings. The third kappa shape index (κ3) is 12.7. The Labute approximate surface area is 393 Å². The van der Waals surface area contributed by atoms with E-state index in [-0.39, 0.29) is 25.1 Å². The van der Waals surface area contributed by atoms with Crippen LogP contribution in [-0.2, 0) is 60.4 Å². The molecule has 0 unspecified atom stereocenters. The molecule has 67 heavy (non-hydrogen) atoms. The maximum absolute atomic E-state index is 14.5. The van der Waals surface area contributed by atoms with Crippen LogP contribution in [0.15, 0.2) is 65.8 Å². The first-order valence-electron chi connectivity index (χ1n) is 23.1. The average molecular weight is 939 g/mol. The minimum absolute atomic E-state index is 0.0482. The molecule has 3 heterocycles. The third-order valence-electron chi connectivity index (χ3n) is 13.4. The monoisotopic (exact) mass is 938 g/mol. The number of ketones is 1. The van der Waals surface area contributed by atoms with E-state index in [0.29, 0.717) is 19.4 Å². The molecule has 0 radical (unpaired) electrons. The zero-order valence-electron chi connectivity index (χ0n) is 40.6. The van der Waals surface area contributed by atoms with E-state index >= 15 is 0 Å². The molecule has 14 atom stereocenters. The first kappa shape index (κ1) is 52.8. The Bertz CT molecular complexity index is 2020. The molecule has 370 valence electrons. The summed E-state index contributed by atoms with van der Waals surface area (Å²) in [5.41, 5.74) is -0.661. The van der Waals surface area contributed by atoms with Crippen LogP contribution in [0.2, 0.25) is 0 Å². The van der Waals surface area contributed by atoms with Gasteiger partial charge in [-0.3, -0.25) is 14.4 Å². The molecule has 0 saturated carbocycles. The Balaban J connectivity index is 1.46. The quantitative estimate of drug-likeness (QED) is 0.0731. The van der Waals surface area contributed by atoms with Gasteiger partial charge in [0.1, 0.15) is 24.2 Å². The number of nitrogens with one attached hydrogen (secondary N) is 2. The lowest BCUT2D eigenvalue weighted by atomic mass is 9.74. The third-order valence-corrected chi connectivity index (χ3v) is 13.4. The van der Waals surface area contributed by atoms with Crippen LogP contribution in [0.25, 0.3) is 0 Å². The van der Waals surface area contributed by atoms with Gasteiger partial charge >= 0.3 is 24.3 Å². The first-order chi connectivity index (χ1) is 31.7. The van der Waals surface area contributed by atoms with Crippen molar-refractivity contribution in [1.29, 1.82) is 0 Å². The van der Waals surface area contributed by atoms with Crippen molar-refractivity contribution >= 4 is 35.8 Å². The smallest absolute Gasteiger partial charge is 0.457 e. The second kappa shape index (κ2) is 23.2. The van der Waals surface area contributed by atoms with Gasteiger partial charge < -0.3 is 53.8 Å². The summed E-state index contributed by atoms with van der Waals surface area (Å²) in [4.78, 5) is 75.0. The van der Waals surface area contributed by atoms with E-state index in [1.165, 1.54) is 14.0 Å². The number of carbonyl (C=O) groups is 5. The lowest BCUT2D eigenvalue weighted by Crippen LogP contribution is -2.65. The zero-order valence-corrected chi connectivity index (χ0v) is 40.6. The predicted octanol–water partition coefficient (Wildman–Crippen LogP) is 5.61. The number of amides is 2. The summed E-state index contributed by atoms with van der Waals surface area (Å²) in [6.07, 6.45) is -9.16. The topological polar surface area (TPSA) is 219 Å². The molecule has 5 rings (SSSR count). The fourth-order valence-corrected chi connectivity index (χ4v) is 9.66. The van der Waals surface area contributed by atoms with Gasteiger partial charge in [-0.15, -0.1) is 0 Å². The number of Topliss-reactive ketones (excluding diaryl/α,β-unsaturated/α-hetero) is 1. The molecule has 2 aromatic rings. The molecule has 0 aliphatic carbocycles. The second-order valence-electron chi connectivity index (χ2n) is 18.5. The molecule has 3 aliphatic heterocycles. The van der Waals surface area contributed by atoms with Crippen molar-refractivity contribution in [2.75, 3.05) is 34.3 Å². The molecule has 2 amide bonds. The number of carbonyl (C=O) groups excluding carboxylic acids is 5. The highest BCUT2D eigenvalue weighted by molar-refractivity contribution is 6.00. The van der Waals surface area contributed by atoms with Crippen molar-refractivity contribution in [3.63, 3.8) is 0 Å². The van der Waals surface area contributed by atoms with Crippen LogP contribution >= 0.6 is 0 Å². The van der Waals surface area contributed by atoms with E-state index in [0.717, 1.165) is 11.1 Å². The van der Waals surface area contributed by atoms with Gasteiger partial charge in [0.05, 0.1) is 29.6 Å². The van der Waals surface area contributed by atoms with Gasteiger partial charge in [-0.25, -0.2) is 14.4 Å². The predicted molar refractivity (Wildman–Crippen MR) is 245 cm³/mol. The summed E-state index contributed by atoms with van der Waals surface area (Å²) in [5.74, 6) is -5.33. The Kier molecular flexibility index (Phi) is 18.3. The van der Waals surface area contributed by atoms with Gasteiger partial charge in [0.2, 0.25) is 0 Å². The zero-order chi connectivity index (χ0) is 49.2. The van der Waals surface area contributed by atoms with Crippen LogP contribution in [0.4, 0.5) is 14.4 Å². The number of aliphatic hydroxyl groups excluding tert-OH is 1. The molecule has 18 heteroatoms. The van der Waals surface area contributed by atoms with Gasteiger partial charge in [-0.05, 0) is 78.6 Å². The molecule has 0 bridgehead atoms. The van der Waals surface area contributed by atoms with Crippen molar-refractivity contribution in [3.8, 4) is 0 Å². The highest BCUT2D eigenvalue weighted by Crippen LogP contribution is 2.42. The fraction of sp³-hybridized carbons (Fsp3) is 0.633. The van der Waals surface area contributed by atoms with Crippen LogP contribution in [0.1, 0.15) is 79.4 Å². The van der Waals surface area contributed by atoms with Crippen LogP contribution in [0.3, 0.4) is 0 Å². The minimum atomic E-state index is -1.55. The Morgan fingerprint density at radius 2 is 1.45 bits per heavy atom. The molecule has 18 nitrogen and oxygen atoms in total. The summed E-state index contributed by atoms with van der Waals surface area (Å²) in [6.45, 7) is 13.9. The van der Waals surface area contributed by atoms with Crippen molar-refractivity contribution in [1.82, 2.24) is 15.5 Å². The highest BCUT2D eigenvalue weighted by Gasteiger charge is 2.59. The van der Waals surface area contributed by atoms with E-state index in [4.69, 9.17) is 38.0 Å². The summed E-state index contributed by atoms with van der Waals surface area (Å²) in [6, 6.07) is 18.4. The highest BCUT2D eigenvalue weighted by atomic mass is 16.8. The SMILES string of the molecule is CC[C@H]1OC(=O)[C@H](C)C(=O)[C@H](C)[C@@H](O[C@@H]2O[C@H](C)[C@@H](OC(=O)NCCc3ccccc3)[C@H](N(C)C)[C@H]2O)[C@@](C)(OC)C[C@@H](C)/C(=N\OC(=O)NCCc2ccccc2)[C@H](C)[C@H]2OC(=O)O[C@@]21C. The molecule has 3 N–H and O–H groups in total. The van der Waals surface area contributed by atoms with Gasteiger partial charge in [-0.2, -0.15) is 0 Å². The average Bonchev–Trinajstić information content (AvgIpc) is 3.61. The number of alkyl carbamates (subject to hydrolysis) is 1. The number of esters is 1. The molecule has 3 saturated heterocycles. The van der Waals surface area contributed by atoms with Crippen LogP contribution in [0, 0.1) is 23.7 Å². The number of nitrogens with zero attached hydrogens (tertiary/aromatic N) is 2. The van der Waals surface area contributed by atoms with E-state index < -0.39 is 114 Å². The van der Waals surface area contributed by atoms with Gasteiger partial charge in [0.15, 0.2) is 23.8 Å². The standard InChI is InChI=1S/C49H70N4O14/c1-12-35-49(8)42(65-47(59)66-49)29(3)36(52-67-46(58)51-26-24-34-21-17-14-18-22-34)28(2)27-48(7,60-11)41(30(4)38(54)31(5)43(56)62-35)64-44-39(55)37(53(9)10)40(32(6)61-44)63-45(57)50-25-23-33-19-15-13-16-20-33/h13-22,28-32,35,37,39-42,44,55H,12,23-27H2,1-11H3,(H,50,57)(H,51,58)/b52-36+/t28-,29+,30+,31-,32-,35-,37-,39-,40-,41-,42-,44+,48+,49-/m1/s1. The van der Waals surface area contributed by atoms with Gasteiger partial charge in [-0.1, -0.05) is 93.5 Å². The van der Waals surface area contributed by atoms with Crippen molar-refractivity contribution < 1.29 is 67.1 Å². The van der Waals surface area contributed by atoms with E-state index in [1.807, 2.05) is 67.6 Å². The molecule has 0 aromatic heterocycles. The van der Waals surface area contributed by atoms with Crippen molar-refractivity contribution in [2.45, 2.75) is 141 Å². The molecular weight excluding hydrogens is 869 g/mol. The van der Waals surface area contributed by atoms with E-state index in [9.17, 15) is 29.1 Å². The number of aliphatic hydroxyl groups is 1. The lowest BCUT2D eigenvalue weighted by molar-refractivity contribution is -0.312. The van der Waals surface area contributed by atoms with Gasteiger partial charge in [0, 0.05) is 38.0 Å². The Hall–Kier alpha value is -5.14. The van der Waals surface area contributed by atoms with Crippen molar-refractivity contribution in [3.05, 3.63) is 71.8 Å². The maximum atomic E-state index is 14.5. The second-order valence-corrected chi connectivity index (χ2v) is 18.5. The Morgan fingerprint density at radius 3 is 2.00 bits per heavy atom. The number of methoxy groups -OCH3 is 1. The summed E-state index contributed by atoms with van der Waals surface area (Å²) in [5, 5.41) is 22.0. The normalized spacial score (nSPS) is 34.5. The Morgan fingerprint density at radius 1 is 0.866 bits per heavy atom. The fourth-order valence-electron chi connectivity index (χ4n) is 9.66. The number of oxime groups is 1. The van der Waals surface area contributed by atoms with E-state index in [1.54, 1.807) is 60.5 Å². The molecule has 0 spiro atoms. The molecule has 2 aromatic carbocycles. The summed E-state index contributed by atoms with van der Waals surface area (Å²) in [7, 11) is 4.89. The number of rotatable bonds is 13. The van der Waals surface area contributed by atoms with Gasteiger partial charge in [0.25, 0.3) is 0 Å². The van der Waals surface area contributed by atoms with Crippen LogP contribution in [0.5, 0.6) is 0 Å². The lowest BCUT2D eigenvalue weighted by Gasteiger charge is -2.49. The number of likely N-dealkylation sites (N-methyl/N-ethyl adjacent to an activating group) is 1. The largest absolute Gasteiger partial charge is 0.509 e. The number of cyclic esters (lactones) is 1.